The Morgan fingerprint density at radius 1 is 1.40 bits per heavy atom. The first-order valence-corrected chi connectivity index (χ1v) is 9.02. The molecule has 2 rings (SSSR count). The molecule has 0 bridgehead atoms. The van der Waals surface area contributed by atoms with Crippen molar-refractivity contribution >= 4 is 27.3 Å². The molecule has 0 spiro atoms. The van der Waals surface area contributed by atoms with Gasteiger partial charge in [-0.2, -0.15) is 0 Å². The molecule has 0 aliphatic carbocycles. The molecule has 1 aliphatic heterocycles. The van der Waals surface area contributed by atoms with E-state index in [4.69, 9.17) is 0 Å². The highest BCUT2D eigenvalue weighted by Gasteiger charge is 2.22. The number of hydrogen-bond donors (Lipinski definition) is 1. The molecule has 1 N–H and O–H groups in total. The summed E-state index contributed by atoms with van der Waals surface area (Å²) in [6.45, 7) is 5.31. The van der Waals surface area contributed by atoms with Crippen LogP contribution in [-0.4, -0.2) is 38.9 Å². The van der Waals surface area contributed by atoms with Crippen LogP contribution in [0.2, 0.25) is 0 Å². The average molecular weight is 316 g/mol. The Hall–Kier alpha value is -0.920. The van der Waals surface area contributed by atoms with E-state index in [9.17, 15) is 13.2 Å². The summed E-state index contributed by atoms with van der Waals surface area (Å²) in [5.74, 6) is 0.499. The Morgan fingerprint density at radius 3 is 2.60 bits per heavy atom. The second kappa shape index (κ2) is 6.24. The quantitative estimate of drug-likeness (QED) is 0.917. The molecule has 5 nitrogen and oxygen atoms in total. The van der Waals surface area contributed by atoms with Crippen molar-refractivity contribution in [1.29, 1.82) is 0 Å². The van der Waals surface area contributed by atoms with Gasteiger partial charge in [0.05, 0.1) is 6.54 Å². The second-order valence-corrected chi connectivity index (χ2v) is 8.53. The number of carbonyl (C=O) groups excluding carboxylic acids is 1. The fraction of sp³-hybridized carbons (Fsp3) is 0.615. The molecule has 0 atom stereocenters. The van der Waals surface area contributed by atoms with Crippen molar-refractivity contribution in [1.82, 2.24) is 9.62 Å². The number of aryl methyl sites for hydroxylation is 1. The molecule has 1 aromatic rings. The highest BCUT2D eigenvalue weighted by molar-refractivity contribution is 7.91. The molecular formula is C13H20N2O3S2. The van der Waals surface area contributed by atoms with Gasteiger partial charge >= 0.3 is 0 Å². The van der Waals surface area contributed by atoms with E-state index >= 15 is 0 Å². The van der Waals surface area contributed by atoms with Crippen LogP contribution in [0, 0.1) is 12.8 Å². The molecule has 0 aromatic carbocycles. The largest absolute Gasteiger partial charge is 0.342 e. The summed E-state index contributed by atoms with van der Waals surface area (Å²) in [6.07, 6.45) is 1.98. The van der Waals surface area contributed by atoms with Gasteiger partial charge in [-0.1, -0.05) is 6.92 Å². The summed E-state index contributed by atoms with van der Waals surface area (Å²) >= 11 is 1.21. The number of sulfonamides is 1. The van der Waals surface area contributed by atoms with E-state index in [0.717, 1.165) is 30.8 Å². The van der Waals surface area contributed by atoms with Gasteiger partial charge in [0.2, 0.25) is 5.91 Å². The zero-order chi connectivity index (χ0) is 14.8. The Bertz CT molecular complexity index is 572. The first kappa shape index (κ1) is 15.5. The van der Waals surface area contributed by atoms with E-state index < -0.39 is 10.0 Å². The van der Waals surface area contributed by atoms with Crippen molar-refractivity contribution < 1.29 is 13.2 Å². The first-order chi connectivity index (χ1) is 9.38. The van der Waals surface area contributed by atoms with Crippen molar-refractivity contribution in [2.45, 2.75) is 30.9 Å². The van der Waals surface area contributed by atoms with Crippen molar-refractivity contribution in [3.8, 4) is 0 Å². The maximum Gasteiger partial charge on any atom is 0.250 e. The predicted molar refractivity (Wildman–Crippen MR) is 79.2 cm³/mol. The molecule has 2 heterocycles. The Morgan fingerprint density at radius 2 is 2.05 bits per heavy atom. The van der Waals surface area contributed by atoms with Crippen molar-refractivity contribution in [2.24, 2.45) is 5.92 Å². The van der Waals surface area contributed by atoms with Crippen LogP contribution in [0.4, 0.5) is 0 Å². The summed E-state index contributed by atoms with van der Waals surface area (Å²) in [6, 6.07) is 3.32. The number of hydrogen-bond acceptors (Lipinski definition) is 4. The number of amides is 1. The number of likely N-dealkylation sites (tertiary alicyclic amines) is 1. The predicted octanol–water partition coefficient (Wildman–Crippen LogP) is 1.59. The van der Waals surface area contributed by atoms with E-state index in [2.05, 4.69) is 11.6 Å². The molecule has 112 valence electrons. The zero-order valence-corrected chi connectivity index (χ0v) is 13.4. The van der Waals surface area contributed by atoms with E-state index in [-0.39, 0.29) is 16.7 Å². The zero-order valence-electron chi connectivity index (χ0n) is 11.8. The summed E-state index contributed by atoms with van der Waals surface area (Å²) in [5, 5.41) is 0. The normalized spacial score (nSPS) is 17.4. The van der Waals surface area contributed by atoms with E-state index in [1.807, 2.05) is 6.92 Å². The highest BCUT2D eigenvalue weighted by Crippen LogP contribution is 2.20. The smallest absolute Gasteiger partial charge is 0.250 e. The fourth-order valence-electron chi connectivity index (χ4n) is 2.15. The molecule has 20 heavy (non-hydrogen) atoms. The van der Waals surface area contributed by atoms with Gasteiger partial charge in [-0.3, -0.25) is 4.79 Å². The van der Waals surface area contributed by atoms with Crippen LogP contribution in [0.15, 0.2) is 16.3 Å². The lowest BCUT2D eigenvalue weighted by Gasteiger charge is -2.30. The van der Waals surface area contributed by atoms with Gasteiger partial charge in [-0.05, 0) is 37.8 Å². The van der Waals surface area contributed by atoms with Crippen LogP contribution >= 0.6 is 11.3 Å². The summed E-state index contributed by atoms with van der Waals surface area (Å²) in [5.41, 5.74) is 0. The summed E-state index contributed by atoms with van der Waals surface area (Å²) in [7, 11) is -3.56. The minimum atomic E-state index is -3.56. The monoisotopic (exact) mass is 316 g/mol. The van der Waals surface area contributed by atoms with Crippen LogP contribution in [0.5, 0.6) is 0 Å². The molecule has 1 saturated heterocycles. The Kier molecular flexibility index (Phi) is 4.82. The molecule has 1 aliphatic rings. The molecule has 1 aromatic heterocycles. The van der Waals surface area contributed by atoms with Gasteiger partial charge in [-0.15, -0.1) is 11.3 Å². The maximum absolute atomic E-state index is 12.0. The van der Waals surface area contributed by atoms with Gasteiger partial charge in [0.1, 0.15) is 4.21 Å². The van der Waals surface area contributed by atoms with Crippen LogP contribution in [0.25, 0.3) is 0 Å². The third-order valence-corrected chi connectivity index (χ3v) is 6.42. The van der Waals surface area contributed by atoms with Crippen LogP contribution in [-0.2, 0) is 14.8 Å². The van der Waals surface area contributed by atoms with Gasteiger partial charge < -0.3 is 4.90 Å². The third-order valence-electron chi connectivity index (χ3n) is 3.53. The standard InChI is InChI=1S/C13H20N2O3S2/c1-10-5-7-15(8-6-10)12(16)9-14-20(17,18)13-4-3-11(2)19-13/h3-4,10,14H,5-9H2,1-2H3. The van der Waals surface area contributed by atoms with Crippen molar-refractivity contribution in [2.75, 3.05) is 19.6 Å². The van der Waals surface area contributed by atoms with Gasteiger partial charge in [0, 0.05) is 18.0 Å². The first-order valence-electron chi connectivity index (χ1n) is 6.72. The SMILES string of the molecule is Cc1ccc(S(=O)(=O)NCC(=O)N2CCC(C)CC2)s1. The topological polar surface area (TPSA) is 66.5 Å². The maximum atomic E-state index is 12.0. The van der Waals surface area contributed by atoms with Crippen molar-refractivity contribution in [3.63, 3.8) is 0 Å². The number of nitrogens with one attached hydrogen (secondary N) is 1. The molecule has 0 unspecified atom stereocenters. The van der Waals surface area contributed by atoms with Crippen molar-refractivity contribution in [3.05, 3.63) is 17.0 Å². The third kappa shape index (κ3) is 3.80. The van der Waals surface area contributed by atoms with Crippen LogP contribution in [0.1, 0.15) is 24.6 Å². The fourth-order valence-corrected chi connectivity index (χ4v) is 4.46. The number of nitrogens with zero attached hydrogens (tertiary/aromatic N) is 1. The molecular weight excluding hydrogens is 296 g/mol. The van der Waals surface area contributed by atoms with Gasteiger partial charge in [0.25, 0.3) is 10.0 Å². The Balaban J connectivity index is 1.90. The van der Waals surface area contributed by atoms with E-state index in [0.29, 0.717) is 5.92 Å². The van der Waals surface area contributed by atoms with E-state index in [1.165, 1.54) is 11.3 Å². The van der Waals surface area contributed by atoms with Crippen LogP contribution < -0.4 is 4.72 Å². The summed E-state index contributed by atoms with van der Waals surface area (Å²) in [4.78, 5) is 14.7. The molecule has 7 heteroatoms. The lowest BCUT2D eigenvalue weighted by molar-refractivity contribution is -0.131. The summed E-state index contributed by atoms with van der Waals surface area (Å²) < 4.78 is 26.7. The Labute approximate surface area is 124 Å². The number of rotatable bonds is 4. The molecule has 0 saturated carbocycles. The van der Waals surface area contributed by atoms with Gasteiger partial charge in [-0.25, -0.2) is 13.1 Å². The number of thiophene rings is 1. The van der Waals surface area contributed by atoms with Crippen LogP contribution in [0.3, 0.4) is 0 Å². The second-order valence-electron chi connectivity index (χ2n) is 5.25. The number of carbonyl (C=O) groups is 1. The lowest BCUT2D eigenvalue weighted by atomic mass is 9.99. The molecule has 0 radical (unpaired) electrons. The number of piperidine rings is 1. The molecule has 1 amide bonds. The molecule has 1 fully saturated rings. The van der Waals surface area contributed by atoms with E-state index in [1.54, 1.807) is 17.0 Å². The van der Waals surface area contributed by atoms with Gasteiger partial charge in [0.15, 0.2) is 0 Å². The highest BCUT2D eigenvalue weighted by atomic mass is 32.2. The average Bonchev–Trinajstić information content (AvgIpc) is 2.84. The minimum Gasteiger partial charge on any atom is -0.342 e. The lowest BCUT2D eigenvalue weighted by Crippen LogP contribution is -2.43. The minimum absolute atomic E-state index is 0.145.